The second-order valence-electron chi connectivity index (χ2n) is 5.16. The van der Waals surface area contributed by atoms with E-state index in [-0.39, 0.29) is 12.7 Å². The first-order valence-electron chi connectivity index (χ1n) is 7.79. The van der Waals surface area contributed by atoms with Crippen molar-refractivity contribution in [1.29, 1.82) is 0 Å². The number of rotatable bonds is 10. The standard InChI is InChI=1S/C14H26F3N3O3/c1-18-13(19-5-2-7-22-11-14(15,16)17)20-6-3-8-23-12-4-9-21-10-12/h12H,2-11H2,1H3,(H2,18,19,20). The molecule has 1 atom stereocenters. The Morgan fingerprint density at radius 1 is 1.22 bits per heavy atom. The summed E-state index contributed by atoms with van der Waals surface area (Å²) in [6.07, 6.45) is -1.79. The molecular formula is C14H26F3N3O3. The minimum atomic E-state index is -4.27. The number of aliphatic imine (C=N–C) groups is 1. The summed E-state index contributed by atoms with van der Waals surface area (Å²) in [7, 11) is 1.64. The predicted molar refractivity (Wildman–Crippen MR) is 80.6 cm³/mol. The number of ether oxygens (including phenoxy) is 3. The van der Waals surface area contributed by atoms with Gasteiger partial charge in [-0.1, -0.05) is 0 Å². The van der Waals surface area contributed by atoms with E-state index in [1.54, 1.807) is 7.05 Å². The Labute approximate surface area is 134 Å². The minimum absolute atomic E-state index is 0.0564. The number of nitrogens with zero attached hydrogens (tertiary/aromatic N) is 1. The molecule has 1 aliphatic rings. The van der Waals surface area contributed by atoms with Crippen molar-refractivity contribution in [2.24, 2.45) is 4.99 Å². The molecule has 0 aliphatic carbocycles. The minimum Gasteiger partial charge on any atom is -0.379 e. The van der Waals surface area contributed by atoms with Crippen LogP contribution in [0.5, 0.6) is 0 Å². The monoisotopic (exact) mass is 341 g/mol. The molecule has 1 heterocycles. The van der Waals surface area contributed by atoms with Crippen molar-refractivity contribution in [3.8, 4) is 0 Å². The number of nitrogens with one attached hydrogen (secondary N) is 2. The molecule has 136 valence electrons. The number of hydrogen-bond donors (Lipinski definition) is 2. The summed E-state index contributed by atoms with van der Waals surface area (Å²) in [4.78, 5) is 4.03. The molecule has 1 unspecified atom stereocenters. The van der Waals surface area contributed by atoms with Gasteiger partial charge in [-0.05, 0) is 19.3 Å². The van der Waals surface area contributed by atoms with E-state index in [9.17, 15) is 13.2 Å². The first kappa shape index (κ1) is 20.0. The maximum Gasteiger partial charge on any atom is 0.411 e. The van der Waals surface area contributed by atoms with Crippen LogP contribution < -0.4 is 10.6 Å². The van der Waals surface area contributed by atoms with Gasteiger partial charge in [0.05, 0.1) is 12.7 Å². The Kier molecular flexibility index (Phi) is 9.97. The maximum atomic E-state index is 11.9. The molecule has 0 radical (unpaired) electrons. The Bertz CT molecular complexity index is 335. The largest absolute Gasteiger partial charge is 0.411 e. The summed E-state index contributed by atoms with van der Waals surface area (Å²) in [6.45, 7) is 2.15. The summed E-state index contributed by atoms with van der Waals surface area (Å²) in [5, 5.41) is 6.13. The molecule has 0 saturated carbocycles. The summed E-state index contributed by atoms with van der Waals surface area (Å²) in [5.41, 5.74) is 0. The second-order valence-corrected chi connectivity index (χ2v) is 5.16. The van der Waals surface area contributed by atoms with Crippen LogP contribution in [0.2, 0.25) is 0 Å². The van der Waals surface area contributed by atoms with Gasteiger partial charge in [-0.2, -0.15) is 13.2 Å². The number of halogens is 3. The van der Waals surface area contributed by atoms with Gasteiger partial charge in [0.15, 0.2) is 5.96 Å². The highest BCUT2D eigenvalue weighted by Gasteiger charge is 2.27. The Balaban J connectivity index is 1.93. The quantitative estimate of drug-likeness (QED) is 0.356. The summed E-state index contributed by atoms with van der Waals surface area (Å²) < 4.78 is 51.0. The van der Waals surface area contributed by atoms with Crippen molar-refractivity contribution in [1.82, 2.24) is 10.6 Å². The van der Waals surface area contributed by atoms with Gasteiger partial charge in [0.2, 0.25) is 0 Å². The third-order valence-corrected chi connectivity index (χ3v) is 3.10. The maximum absolute atomic E-state index is 11.9. The molecule has 1 aliphatic heterocycles. The van der Waals surface area contributed by atoms with E-state index in [2.05, 4.69) is 20.4 Å². The van der Waals surface area contributed by atoms with Crippen LogP contribution in [0, 0.1) is 0 Å². The van der Waals surface area contributed by atoms with Gasteiger partial charge in [-0.3, -0.25) is 4.99 Å². The Morgan fingerprint density at radius 3 is 2.48 bits per heavy atom. The van der Waals surface area contributed by atoms with E-state index in [4.69, 9.17) is 9.47 Å². The van der Waals surface area contributed by atoms with Crippen molar-refractivity contribution in [2.45, 2.75) is 31.5 Å². The van der Waals surface area contributed by atoms with Gasteiger partial charge < -0.3 is 24.8 Å². The third-order valence-electron chi connectivity index (χ3n) is 3.10. The molecular weight excluding hydrogens is 315 g/mol. The molecule has 0 aromatic rings. The zero-order valence-corrected chi connectivity index (χ0v) is 13.5. The van der Waals surface area contributed by atoms with Crippen LogP contribution in [0.4, 0.5) is 13.2 Å². The lowest BCUT2D eigenvalue weighted by Gasteiger charge is -2.13. The van der Waals surface area contributed by atoms with Crippen molar-refractivity contribution in [2.75, 3.05) is 53.2 Å². The summed E-state index contributed by atoms with van der Waals surface area (Å²) in [5.74, 6) is 0.616. The predicted octanol–water partition coefficient (Wildman–Crippen LogP) is 1.32. The number of guanidine groups is 1. The molecule has 1 rings (SSSR count). The lowest BCUT2D eigenvalue weighted by molar-refractivity contribution is -0.173. The van der Waals surface area contributed by atoms with Crippen LogP contribution in [0.1, 0.15) is 19.3 Å². The molecule has 0 aromatic heterocycles. The van der Waals surface area contributed by atoms with Crippen LogP contribution in [0.15, 0.2) is 4.99 Å². The van der Waals surface area contributed by atoms with Crippen molar-refractivity contribution in [3.63, 3.8) is 0 Å². The second kappa shape index (κ2) is 11.5. The van der Waals surface area contributed by atoms with Gasteiger partial charge in [-0.25, -0.2) is 0 Å². The molecule has 6 nitrogen and oxygen atoms in total. The SMILES string of the molecule is CN=C(NCCCOCC(F)(F)F)NCCCOC1CCOC1. The van der Waals surface area contributed by atoms with Gasteiger partial charge >= 0.3 is 6.18 Å². The van der Waals surface area contributed by atoms with E-state index in [1.165, 1.54) is 0 Å². The highest BCUT2D eigenvalue weighted by molar-refractivity contribution is 5.79. The van der Waals surface area contributed by atoms with Gasteiger partial charge in [-0.15, -0.1) is 0 Å². The fourth-order valence-corrected chi connectivity index (χ4v) is 1.96. The summed E-state index contributed by atoms with van der Waals surface area (Å²) in [6, 6.07) is 0. The van der Waals surface area contributed by atoms with Crippen LogP contribution in [0.25, 0.3) is 0 Å². The summed E-state index contributed by atoms with van der Waals surface area (Å²) >= 11 is 0. The van der Waals surface area contributed by atoms with Crippen molar-refractivity contribution < 1.29 is 27.4 Å². The van der Waals surface area contributed by atoms with E-state index in [0.717, 1.165) is 19.4 Å². The number of alkyl halides is 3. The van der Waals surface area contributed by atoms with Crippen LogP contribution in [0.3, 0.4) is 0 Å². The molecule has 1 saturated heterocycles. The molecule has 0 amide bonds. The van der Waals surface area contributed by atoms with Crippen molar-refractivity contribution in [3.05, 3.63) is 0 Å². The van der Waals surface area contributed by atoms with E-state index >= 15 is 0 Å². The van der Waals surface area contributed by atoms with Crippen LogP contribution in [-0.4, -0.2) is 71.4 Å². The van der Waals surface area contributed by atoms with E-state index < -0.39 is 12.8 Å². The zero-order valence-electron chi connectivity index (χ0n) is 13.5. The number of hydrogen-bond acceptors (Lipinski definition) is 4. The topological polar surface area (TPSA) is 64.1 Å². The average Bonchev–Trinajstić information content (AvgIpc) is 3.00. The first-order chi connectivity index (χ1) is 11.0. The zero-order chi connectivity index (χ0) is 17.0. The smallest absolute Gasteiger partial charge is 0.379 e. The molecule has 0 aromatic carbocycles. The molecule has 9 heteroatoms. The first-order valence-corrected chi connectivity index (χ1v) is 7.79. The normalized spacial score (nSPS) is 19.1. The molecule has 2 N–H and O–H groups in total. The van der Waals surface area contributed by atoms with Gasteiger partial charge in [0.1, 0.15) is 6.61 Å². The Morgan fingerprint density at radius 2 is 1.91 bits per heavy atom. The molecule has 23 heavy (non-hydrogen) atoms. The van der Waals surface area contributed by atoms with Crippen molar-refractivity contribution >= 4 is 5.96 Å². The third kappa shape index (κ3) is 11.2. The molecule has 1 fully saturated rings. The highest BCUT2D eigenvalue weighted by Crippen LogP contribution is 2.14. The molecule has 0 spiro atoms. The fraction of sp³-hybridized carbons (Fsp3) is 0.929. The van der Waals surface area contributed by atoms with E-state index in [0.29, 0.717) is 38.7 Å². The van der Waals surface area contributed by atoms with Gasteiger partial charge in [0.25, 0.3) is 0 Å². The lowest BCUT2D eigenvalue weighted by atomic mass is 10.3. The van der Waals surface area contributed by atoms with E-state index in [1.807, 2.05) is 0 Å². The Hall–Kier alpha value is -1.06. The fourth-order valence-electron chi connectivity index (χ4n) is 1.96. The van der Waals surface area contributed by atoms with Crippen LogP contribution in [-0.2, 0) is 14.2 Å². The highest BCUT2D eigenvalue weighted by atomic mass is 19.4. The molecule has 0 bridgehead atoms. The van der Waals surface area contributed by atoms with Crippen LogP contribution >= 0.6 is 0 Å². The van der Waals surface area contributed by atoms with Gasteiger partial charge in [0, 0.05) is 40.0 Å². The average molecular weight is 341 g/mol. The lowest BCUT2D eigenvalue weighted by Crippen LogP contribution is -2.38.